The van der Waals surface area contributed by atoms with Crippen molar-refractivity contribution in [2.75, 3.05) is 0 Å². The lowest BCUT2D eigenvalue weighted by atomic mass is 10.1. The number of hydrogen-bond donors (Lipinski definition) is 0. The van der Waals surface area contributed by atoms with Gasteiger partial charge < -0.3 is 4.57 Å². The van der Waals surface area contributed by atoms with Crippen molar-refractivity contribution < 1.29 is 0 Å². The number of aryl methyl sites for hydroxylation is 1. The van der Waals surface area contributed by atoms with Crippen LogP contribution in [0.15, 0.2) is 54.6 Å². The summed E-state index contributed by atoms with van der Waals surface area (Å²) >= 11 is 0. The first kappa shape index (κ1) is 10.6. The number of benzene rings is 2. The van der Waals surface area contributed by atoms with Crippen LogP contribution < -0.4 is 0 Å². The molecule has 1 aromatic heterocycles. The molecule has 0 unspecified atom stereocenters. The molecule has 0 aliphatic heterocycles. The Hall–Kier alpha value is -2.53. The quantitative estimate of drug-likeness (QED) is 0.628. The maximum Gasteiger partial charge on any atom is 0.0991 e. The van der Waals surface area contributed by atoms with Gasteiger partial charge in [-0.3, -0.25) is 0 Å². The summed E-state index contributed by atoms with van der Waals surface area (Å²) < 4.78 is 2.16. The van der Waals surface area contributed by atoms with Gasteiger partial charge in [0.05, 0.1) is 11.6 Å². The summed E-state index contributed by atoms with van der Waals surface area (Å²) in [6.45, 7) is 0. The molecule has 0 saturated carbocycles. The highest BCUT2D eigenvalue weighted by molar-refractivity contribution is 5.87. The minimum atomic E-state index is 0.692. The topological polar surface area (TPSA) is 28.7 Å². The molecular formula is C16H12N2. The van der Waals surface area contributed by atoms with E-state index in [0.29, 0.717) is 5.56 Å². The molecule has 2 heteroatoms. The van der Waals surface area contributed by atoms with Crippen molar-refractivity contribution in [2.45, 2.75) is 0 Å². The first-order valence-electron chi connectivity index (χ1n) is 5.84. The zero-order chi connectivity index (χ0) is 12.5. The van der Waals surface area contributed by atoms with E-state index in [1.807, 2.05) is 36.4 Å². The standard InChI is InChI=1S/C16H12N2/c1-18-15-8-3-2-6-14(15)10-16(18)13-7-4-5-12(9-13)11-17/h2-10H,1H3. The van der Waals surface area contributed by atoms with Crippen LogP contribution in [-0.4, -0.2) is 4.57 Å². The molecule has 0 amide bonds. The molecule has 0 bridgehead atoms. The van der Waals surface area contributed by atoms with Crippen LogP contribution in [0.3, 0.4) is 0 Å². The van der Waals surface area contributed by atoms with Gasteiger partial charge in [-0.25, -0.2) is 0 Å². The molecule has 86 valence electrons. The average Bonchev–Trinajstić information content (AvgIpc) is 2.77. The fraction of sp³-hybridized carbons (Fsp3) is 0.0625. The van der Waals surface area contributed by atoms with Crippen molar-refractivity contribution in [1.82, 2.24) is 4.57 Å². The van der Waals surface area contributed by atoms with Crippen molar-refractivity contribution in [3.8, 4) is 17.3 Å². The fourth-order valence-corrected chi connectivity index (χ4v) is 2.31. The Morgan fingerprint density at radius 3 is 2.61 bits per heavy atom. The SMILES string of the molecule is Cn1c(-c2cccc(C#N)c2)cc2ccccc21. The zero-order valence-electron chi connectivity index (χ0n) is 10.1. The van der Waals surface area contributed by atoms with Gasteiger partial charge in [0.1, 0.15) is 0 Å². The van der Waals surface area contributed by atoms with E-state index < -0.39 is 0 Å². The Kier molecular flexibility index (Phi) is 2.39. The van der Waals surface area contributed by atoms with E-state index in [4.69, 9.17) is 5.26 Å². The van der Waals surface area contributed by atoms with E-state index in [1.54, 1.807) is 0 Å². The maximum atomic E-state index is 8.96. The lowest BCUT2D eigenvalue weighted by Gasteiger charge is -2.04. The van der Waals surface area contributed by atoms with Crippen molar-refractivity contribution in [3.63, 3.8) is 0 Å². The molecule has 1 heterocycles. The minimum Gasteiger partial charge on any atom is -0.344 e. The van der Waals surface area contributed by atoms with Crippen LogP contribution >= 0.6 is 0 Å². The summed E-state index contributed by atoms with van der Waals surface area (Å²) in [6.07, 6.45) is 0. The van der Waals surface area contributed by atoms with Crippen LogP contribution in [-0.2, 0) is 7.05 Å². The van der Waals surface area contributed by atoms with Gasteiger partial charge in [0.25, 0.3) is 0 Å². The second kappa shape index (κ2) is 4.05. The van der Waals surface area contributed by atoms with Gasteiger partial charge in [-0.05, 0) is 29.8 Å². The number of nitrogens with zero attached hydrogens (tertiary/aromatic N) is 2. The monoisotopic (exact) mass is 232 g/mol. The maximum absolute atomic E-state index is 8.96. The third-order valence-electron chi connectivity index (χ3n) is 3.24. The summed E-state index contributed by atoms with van der Waals surface area (Å²) in [6, 6.07) is 20.3. The summed E-state index contributed by atoms with van der Waals surface area (Å²) in [5, 5.41) is 10.2. The Balaban J connectivity index is 2.25. The number of para-hydroxylation sites is 1. The van der Waals surface area contributed by atoms with Gasteiger partial charge in [-0.1, -0.05) is 30.3 Å². The lowest BCUT2D eigenvalue weighted by molar-refractivity contribution is 0.978. The van der Waals surface area contributed by atoms with Gasteiger partial charge in [0.2, 0.25) is 0 Å². The normalized spacial score (nSPS) is 10.4. The Bertz CT molecular complexity index is 760. The molecule has 0 atom stereocenters. The number of nitriles is 1. The molecule has 3 rings (SSSR count). The molecule has 2 aromatic carbocycles. The van der Waals surface area contributed by atoms with Crippen LogP contribution in [0.2, 0.25) is 0 Å². The third-order valence-corrected chi connectivity index (χ3v) is 3.24. The number of aromatic nitrogens is 1. The van der Waals surface area contributed by atoms with E-state index in [0.717, 1.165) is 11.3 Å². The van der Waals surface area contributed by atoms with Crippen LogP contribution in [0.5, 0.6) is 0 Å². The molecule has 0 fully saturated rings. The van der Waals surface area contributed by atoms with E-state index >= 15 is 0 Å². The minimum absolute atomic E-state index is 0.692. The van der Waals surface area contributed by atoms with E-state index in [9.17, 15) is 0 Å². The van der Waals surface area contributed by atoms with Gasteiger partial charge >= 0.3 is 0 Å². The lowest BCUT2D eigenvalue weighted by Crippen LogP contribution is -1.91. The summed E-state index contributed by atoms with van der Waals surface area (Å²) in [5.74, 6) is 0. The van der Waals surface area contributed by atoms with Crippen molar-refractivity contribution >= 4 is 10.9 Å². The number of fused-ring (bicyclic) bond motifs is 1. The second-order valence-electron chi connectivity index (χ2n) is 4.34. The van der Waals surface area contributed by atoms with Crippen LogP contribution in [0.1, 0.15) is 5.56 Å². The molecule has 0 N–H and O–H groups in total. The van der Waals surface area contributed by atoms with E-state index in [2.05, 4.69) is 35.9 Å². The van der Waals surface area contributed by atoms with Gasteiger partial charge in [0, 0.05) is 23.6 Å². The first-order valence-corrected chi connectivity index (χ1v) is 5.84. The van der Waals surface area contributed by atoms with Gasteiger partial charge in [-0.15, -0.1) is 0 Å². The van der Waals surface area contributed by atoms with Gasteiger partial charge in [-0.2, -0.15) is 5.26 Å². The predicted octanol–water partition coefficient (Wildman–Crippen LogP) is 3.72. The highest BCUT2D eigenvalue weighted by Gasteiger charge is 2.07. The Morgan fingerprint density at radius 2 is 1.83 bits per heavy atom. The molecule has 3 aromatic rings. The molecular weight excluding hydrogens is 220 g/mol. The molecule has 0 spiro atoms. The van der Waals surface area contributed by atoms with Crippen LogP contribution in [0, 0.1) is 11.3 Å². The van der Waals surface area contributed by atoms with Crippen molar-refractivity contribution in [3.05, 3.63) is 60.2 Å². The molecule has 0 aliphatic rings. The molecule has 0 radical (unpaired) electrons. The summed E-state index contributed by atoms with van der Waals surface area (Å²) in [5.41, 5.74) is 4.11. The predicted molar refractivity (Wildman–Crippen MR) is 73.1 cm³/mol. The van der Waals surface area contributed by atoms with E-state index in [-0.39, 0.29) is 0 Å². The van der Waals surface area contributed by atoms with Crippen molar-refractivity contribution in [2.24, 2.45) is 7.05 Å². The highest BCUT2D eigenvalue weighted by atomic mass is 14.9. The third kappa shape index (κ3) is 1.57. The van der Waals surface area contributed by atoms with Crippen LogP contribution in [0.25, 0.3) is 22.2 Å². The zero-order valence-corrected chi connectivity index (χ0v) is 10.1. The Morgan fingerprint density at radius 1 is 1.00 bits per heavy atom. The first-order chi connectivity index (χ1) is 8.79. The largest absolute Gasteiger partial charge is 0.344 e. The highest BCUT2D eigenvalue weighted by Crippen LogP contribution is 2.27. The smallest absolute Gasteiger partial charge is 0.0991 e. The molecule has 0 aliphatic carbocycles. The number of hydrogen-bond acceptors (Lipinski definition) is 1. The summed E-state index contributed by atoms with van der Waals surface area (Å²) in [7, 11) is 2.05. The molecule has 2 nitrogen and oxygen atoms in total. The fourth-order valence-electron chi connectivity index (χ4n) is 2.31. The van der Waals surface area contributed by atoms with Crippen LogP contribution in [0.4, 0.5) is 0 Å². The molecule has 18 heavy (non-hydrogen) atoms. The summed E-state index contributed by atoms with van der Waals surface area (Å²) in [4.78, 5) is 0. The van der Waals surface area contributed by atoms with Gasteiger partial charge in [0.15, 0.2) is 0 Å². The average molecular weight is 232 g/mol. The van der Waals surface area contributed by atoms with E-state index in [1.165, 1.54) is 10.9 Å². The van der Waals surface area contributed by atoms with Crippen molar-refractivity contribution in [1.29, 1.82) is 5.26 Å². The molecule has 0 saturated heterocycles. The second-order valence-corrected chi connectivity index (χ2v) is 4.34. The Labute approximate surface area is 106 Å². The number of rotatable bonds is 1.